The fourth-order valence-corrected chi connectivity index (χ4v) is 7.37. The average molecular weight is 738 g/mol. The molecule has 0 saturated carbocycles. The Morgan fingerprint density at radius 2 is 1.83 bits per heavy atom. The zero-order valence-electron chi connectivity index (χ0n) is 26.0. The van der Waals surface area contributed by atoms with E-state index in [2.05, 4.69) is 26.6 Å². The van der Waals surface area contributed by atoms with E-state index >= 15 is 0 Å². The topological polar surface area (TPSA) is 111 Å². The number of carbonyl (C=O) groups excluding carboxylic acids is 2. The van der Waals surface area contributed by atoms with Gasteiger partial charge in [0.1, 0.15) is 6.04 Å². The summed E-state index contributed by atoms with van der Waals surface area (Å²) >= 11 is 11.5. The summed E-state index contributed by atoms with van der Waals surface area (Å²) in [4.78, 5) is 33.4. The van der Waals surface area contributed by atoms with Crippen molar-refractivity contribution in [3.05, 3.63) is 98.6 Å². The van der Waals surface area contributed by atoms with Crippen molar-refractivity contribution in [3.8, 4) is 11.5 Å². The molecule has 0 bridgehead atoms. The lowest BCUT2D eigenvalue weighted by molar-refractivity contribution is -0.134. The molecule has 2 aliphatic rings. The number of hydrogen-bond donors (Lipinski definition) is 2. The highest BCUT2D eigenvalue weighted by atomic mass is 79.9. The van der Waals surface area contributed by atoms with Crippen LogP contribution < -0.4 is 20.1 Å². The number of likely N-dealkylation sites (tertiary alicyclic amines) is 1. The van der Waals surface area contributed by atoms with E-state index in [9.17, 15) is 9.59 Å². The van der Waals surface area contributed by atoms with E-state index in [4.69, 9.17) is 31.2 Å². The quantitative estimate of drug-likeness (QED) is 0.163. The molecular formula is C34H34BrClN6O4S. The summed E-state index contributed by atoms with van der Waals surface area (Å²) < 4.78 is 14.1. The minimum atomic E-state index is -0.675. The van der Waals surface area contributed by atoms with Gasteiger partial charge in [0.25, 0.3) is 11.8 Å². The fraction of sp³-hybridized carbons (Fsp3) is 0.294. The van der Waals surface area contributed by atoms with Crippen LogP contribution in [0.1, 0.15) is 43.4 Å². The molecule has 1 saturated heterocycles. The second-order valence-electron chi connectivity index (χ2n) is 11.2. The molecule has 13 heteroatoms. The molecule has 0 radical (unpaired) electrons. The molecule has 6 rings (SSSR count). The number of aromatic nitrogens is 3. The van der Waals surface area contributed by atoms with Crippen molar-refractivity contribution < 1.29 is 19.1 Å². The number of nitrogens with zero attached hydrogens (tertiary/aromatic N) is 4. The maximum absolute atomic E-state index is 14.0. The number of para-hydroxylation sites is 1. The molecular weight excluding hydrogens is 704 g/mol. The predicted molar refractivity (Wildman–Crippen MR) is 187 cm³/mol. The van der Waals surface area contributed by atoms with Crippen LogP contribution in [0.25, 0.3) is 0 Å². The Bertz CT molecular complexity index is 1810. The number of allylic oxidation sites excluding steroid dienone is 1. The molecule has 1 atom stereocenters. The molecule has 244 valence electrons. The van der Waals surface area contributed by atoms with Gasteiger partial charge in [-0.1, -0.05) is 59.8 Å². The van der Waals surface area contributed by atoms with Crippen LogP contribution in [0.3, 0.4) is 0 Å². The SMILES string of the molecule is COc1cc(C2C(C(=O)Nc3ccccc3)=C(C)Nc3nc(SCc4ccccc4Cl)nn32)cc(Br)c1OCC(=O)N1CCCCC1. The minimum absolute atomic E-state index is 0.0615. The Morgan fingerprint density at radius 1 is 1.09 bits per heavy atom. The van der Waals surface area contributed by atoms with E-state index in [0.29, 0.717) is 60.4 Å². The Morgan fingerprint density at radius 3 is 2.57 bits per heavy atom. The number of ether oxygens (including phenoxy) is 2. The number of halogens is 2. The molecule has 4 aromatic rings. The van der Waals surface area contributed by atoms with Crippen LogP contribution in [-0.4, -0.2) is 58.3 Å². The second-order valence-corrected chi connectivity index (χ2v) is 13.4. The fourth-order valence-electron chi connectivity index (χ4n) is 5.68. The van der Waals surface area contributed by atoms with Crippen molar-refractivity contribution >= 4 is 62.7 Å². The van der Waals surface area contributed by atoms with Crippen LogP contribution in [-0.2, 0) is 15.3 Å². The van der Waals surface area contributed by atoms with Gasteiger partial charge in [-0.05, 0) is 83.6 Å². The molecule has 1 fully saturated rings. The van der Waals surface area contributed by atoms with E-state index in [1.54, 1.807) is 11.8 Å². The van der Waals surface area contributed by atoms with Gasteiger partial charge in [0.2, 0.25) is 11.1 Å². The number of amides is 2. The number of anilines is 2. The smallest absolute Gasteiger partial charge is 0.260 e. The maximum atomic E-state index is 14.0. The molecule has 2 N–H and O–H groups in total. The standard InChI is InChI=1S/C34H34BrClN6O4S/c1-21-29(32(44)38-24-12-5-3-6-13-24)30(42-33(37-21)39-34(40-42)47-20-22-11-7-8-14-26(22)36)23-17-25(35)31(27(18-23)45-2)46-19-28(43)41-15-9-4-10-16-41/h3,5-8,11-14,17-18,30H,4,9-10,15-16,19-20H2,1-2H3,(H,38,44)(H,37,39,40). The highest BCUT2D eigenvalue weighted by molar-refractivity contribution is 9.10. The molecule has 2 amide bonds. The van der Waals surface area contributed by atoms with Crippen LogP contribution in [0.2, 0.25) is 5.02 Å². The maximum Gasteiger partial charge on any atom is 0.260 e. The lowest BCUT2D eigenvalue weighted by atomic mass is 9.94. The largest absolute Gasteiger partial charge is 0.493 e. The molecule has 10 nitrogen and oxygen atoms in total. The molecule has 1 unspecified atom stereocenters. The number of nitrogens with one attached hydrogen (secondary N) is 2. The first-order valence-electron chi connectivity index (χ1n) is 15.3. The first-order valence-corrected chi connectivity index (χ1v) is 17.4. The van der Waals surface area contributed by atoms with Crippen molar-refractivity contribution in [2.75, 3.05) is 37.4 Å². The summed E-state index contributed by atoms with van der Waals surface area (Å²) in [5.74, 6) is 1.53. The van der Waals surface area contributed by atoms with Crippen LogP contribution in [0.15, 0.2) is 87.6 Å². The first-order chi connectivity index (χ1) is 22.8. The molecule has 3 heterocycles. The number of hydrogen-bond acceptors (Lipinski definition) is 8. The number of thioether (sulfide) groups is 1. The van der Waals surface area contributed by atoms with Gasteiger partial charge in [-0.3, -0.25) is 9.59 Å². The predicted octanol–water partition coefficient (Wildman–Crippen LogP) is 7.31. The van der Waals surface area contributed by atoms with Gasteiger partial charge >= 0.3 is 0 Å². The Balaban J connectivity index is 1.34. The Labute approximate surface area is 291 Å². The molecule has 47 heavy (non-hydrogen) atoms. The molecule has 0 aliphatic carbocycles. The molecule has 0 spiro atoms. The van der Waals surface area contributed by atoms with E-state index in [-0.39, 0.29) is 18.4 Å². The van der Waals surface area contributed by atoms with Crippen LogP contribution in [0.4, 0.5) is 11.6 Å². The number of benzene rings is 3. The summed E-state index contributed by atoms with van der Waals surface area (Å²) in [7, 11) is 1.54. The van der Waals surface area contributed by atoms with E-state index in [1.165, 1.54) is 11.8 Å². The normalized spacial score (nSPS) is 15.9. The summed E-state index contributed by atoms with van der Waals surface area (Å²) in [5, 5.41) is 12.4. The van der Waals surface area contributed by atoms with Crippen LogP contribution in [0, 0.1) is 0 Å². The van der Waals surface area contributed by atoms with Gasteiger partial charge in [-0.15, -0.1) is 5.10 Å². The molecule has 3 aromatic carbocycles. The van der Waals surface area contributed by atoms with E-state index in [1.807, 2.05) is 78.6 Å². The van der Waals surface area contributed by atoms with Gasteiger partial charge < -0.3 is 25.0 Å². The number of rotatable bonds is 10. The highest BCUT2D eigenvalue weighted by Crippen LogP contribution is 2.43. The zero-order valence-corrected chi connectivity index (χ0v) is 29.1. The third-order valence-electron chi connectivity index (χ3n) is 8.04. The lowest BCUT2D eigenvalue weighted by Gasteiger charge is -2.29. The third-order valence-corrected chi connectivity index (χ3v) is 9.88. The van der Waals surface area contributed by atoms with Crippen molar-refractivity contribution in [2.24, 2.45) is 0 Å². The Kier molecular flexibility index (Phi) is 10.4. The van der Waals surface area contributed by atoms with Crippen molar-refractivity contribution in [2.45, 2.75) is 43.1 Å². The summed E-state index contributed by atoms with van der Waals surface area (Å²) in [6, 6.07) is 19.9. The number of piperidine rings is 1. The van der Waals surface area contributed by atoms with Crippen molar-refractivity contribution in [3.63, 3.8) is 0 Å². The number of carbonyl (C=O) groups is 2. The highest BCUT2D eigenvalue weighted by Gasteiger charge is 2.35. The van der Waals surface area contributed by atoms with Gasteiger partial charge in [0.05, 0.1) is 17.2 Å². The van der Waals surface area contributed by atoms with Gasteiger partial charge in [-0.2, -0.15) is 4.98 Å². The molecule has 2 aliphatic heterocycles. The lowest BCUT2D eigenvalue weighted by Crippen LogP contribution is -2.38. The summed E-state index contributed by atoms with van der Waals surface area (Å²) in [6.45, 7) is 3.23. The van der Waals surface area contributed by atoms with Gasteiger partial charge in [-0.25, -0.2) is 4.68 Å². The Hall–Kier alpha value is -4.00. The third kappa shape index (κ3) is 7.45. The van der Waals surface area contributed by atoms with E-state index < -0.39 is 6.04 Å². The van der Waals surface area contributed by atoms with E-state index in [0.717, 1.165) is 37.9 Å². The number of fused-ring (bicyclic) bond motifs is 1. The van der Waals surface area contributed by atoms with Gasteiger partial charge in [0, 0.05) is 35.2 Å². The van der Waals surface area contributed by atoms with Crippen molar-refractivity contribution in [1.29, 1.82) is 0 Å². The average Bonchev–Trinajstić information content (AvgIpc) is 3.49. The minimum Gasteiger partial charge on any atom is -0.493 e. The van der Waals surface area contributed by atoms with Gasteiger partial charge in [0.15, 0.2) is 18.1 Å². The number of methoxy groups -OCH3 is 1. The summed E-state index contributed by atoms with van der Waals surface area (Å²) in [6.07, 6.45) is 3.14. The first kappa shape index (κ1) is 32.9. The van der Waals surface area contributed by atoms with Crippen molar-refractivity contribution in [1.82, 2.24) is 19.7 Å². The van der Waals surface area contributed by atoms with Crippen LogP contribution >= 0.6 is 39.3 Å². The second kappa shape index (κ2) is 14.8. The zero-order chi connectivity index (χ0) is 32.9. The monoisotopic (exact) mass is 736 g/mol. The van der Waals surface area contributed by atoms with Crippen LogP contribution in [0.5, 0.6) is 11.5 Å². The molecule has 1 aromatic heterocycles. The summed E-state index contributed by atoms with van der Waals surface area (Å²) in [5.41, 5.74) is 3.43.